The van der Waals surface area contributed by atoms with E-state index in [1.165, 1.54) is 4.68 Å². The van der Waals surface area contributed by atoms with Crippen molar-refractivity contribution in [1.29, 1.82) is 0 Å². The Kier molecular flexibility index (Phi) is 5.25. The maximum absolute atomic E-state index is 12.8. The smallest absolute Gasteiger partial charge is 0.370 e. The van der Waals surface area contributed by atoms with Crippen molar-refractivity contribution >= 4 is 21.7 Å². The molecule has 0 atom stereocenters. The molecule has 0 unspecified atom stereocenters. The molecule has 36 heavy (non-hydrogen) atoms. The first-order valence-corrected chi connectivity index (χ1v) is 13.7. The standard InChI is InChI=1S/C22H26F3N7O3S/c23-22(24,25)19-28-13-32(29-19)17-3-21(4-17)11-31(12-21)20(33)30-7-16(8-30)15-1-2-18(27-6-15)26-5-14-9-36(34,35)10-14/h1-2,6,13-14,16-17H,3-5,7-12H2,(H,26,27). The highest BCUT2D eigenvalue weighted by atomic mass is 32.2. The van der Waals surface area contributed by atoms with Gasteiger partial charge in [0, 0.05) is 56.2 Å². The van der Waals surface area contributed by atoms with Crippen molar-refractivity contribution in [1.82, 2.24) is 29.5 Å². The van der Waals surface area contributed by atoms with Crippen molar-refractivity contribution in [3.05, 3.63) is 36.0 Å². The van der Waals surface area contributed by atoms with E-state index in [1.807, 2.05) is 17.0 Å². The van der Waals surface area contributed by atoms with Gasteiger partial charge in [-0.3, -0.25) is 0 Å². The molecule has 6 rings (SSSR count). The van der Waals surface area contributed by atoms with Crippen molar-refractivity contribution in [2.45, 2.75) is 31.0 Å². The fraction of sp³-hybridized carbons (Fsp3) is 0.636. The number of carbonyl (C=O) groups excluding carboxylic acids is 1. The summed E-state index contributed by atoms with van der Waals surface area (Å²) in [7, 11) is -2.82. The van der Waals surface area contributed by atoms with Crippen molar-refractivity contribution in [2.24, 2.45) is 11.3 Å². The molecule has 3 aliphatic heterocycles. The Morgan fingerprint density at radius 3 is 2.42 bits per heavy atom. The molecule has 5 heterocycles. The average molecular weight is 526 g/mol. The van der Waals surface area contributed by atoms with Gasteiger partial charge in [-0.2, -0.15) is 13.2 Å². The maximum Gasteiger partial charge on any atom is 0.453 e. The molecule has 0 bridgehead atoms. The van der Waals surface area contributed by atoms with Crippen LogP contribution in [0.2, 0.25) is 0 Å². The number of anilines is 1. The number of alkyl halides is 3. The molecule has 1 N–H and O–H groups in total. The molecule has 1 spiro atoms. The topological polar surface area (TPSA) is 113 Å². The van der Waals surface area contributed by atoms with Gasteiger partial charge in [-0.1, -0.05) is 6.07 Å². The van der Waals surface area contributed by atoms with Gasteiger partial charge in [0.25, 0.3) is 5.82 Å². The van der Waals surface area contributed by atoms with Crippen LogP contribution in [0, 0.1) is 11.3 Å². The quantitative estimate of drug-likeness (QED) is 0.635. The Morgan fingerprint density at radius 1 is 1.11 bits per heavy atom. The van der Waals surface area contributed by atoms with Gasteiger partial charge in [-0.25, -0.2) is 27.9 Å². The van der Waals surface area contributed by atoms with Gasteiger partial charge in [0.1, 0.15) is 12.1 Å². The van der Waals surface area contributed by atoms with Crippen LogP contribution in [-0.4, -0.2) is 88.2 Å². The molecule has 0 aromatic carbocycles. The Balaban J connectivity index is 0.924. The number of nitrogens with zero attached hydrogens (tertiary/aromatic N) is 6. The number of nitrogens with one attached hydrogen (secondary N) is 1. The molecule has 2 amide bonds. The second-order valence-corrected chi connectivity index (χ2v) is 12.8. The first kappa shape index (κ1) is 23.5. The molecule has 1 aliphatic carbocycles. The molecule has 4 aliphatic rings. The second-order valence-electron chi connectivity index (χ2n) is 10.6. The summed E-state index contributed by atoms with van der Waals surface area (Å²) in [6.07, 6.45) is -0.209. The predicted molar refractivity (Wildman–Crippen MR) is 122 cm³/mol. The highest BCUT2D eigenvalue weighted by Crippen LogP contribution is 2.54. The van der Waals surface area contributed by atoms with Crippen molar-refractivity contribution in [2.75, 3.05) is 49.5 Å². The fourth-order valence-electron chi connectivity index (χ4n) is 5.70. The maximum atomic E-state index is 12.8. The summed E-state index contributed by atoms with van der Waals surface area (Å²) in [6, 6.07) is 3.76. The van der Waals surface area contributed by atoms with E-state index in [1.54, 1.807) is 11.1 Å². The molecule has 4 fully saturated rings. The van der Waals surface area contributed by atoms with Crippen LogP contribution in [0.3, 0.4) is 0 Å². The highest BCUT2D eigenvalue weighted by Gasteiger charge is 2.56. The molecule has 14 heteroatoms. The number of aromatic nitrogens is 4. The number of hydrogen-bond acceptors (Lipinski definition) is 7. The summed E-state index contributed by atoms with van der Waals surface area (Å²) in [5.41, 5.74) is 1.04. The average Bonchev–Trinajstić information content (AvgIpc) is 3.19. The number of halogens is 3. The van der Waals surface area contributed by atoms with Crippen LogP contribution in [0.25, 0.3) is 0 Å². The third kappa shape index (κ3) is 4.28. The lowest BCUT2D eigenvalue weighted by atomic mass is 9.61. The highest BCUT2D eigenvalue weighted by molar-refractivity contribution is 7.92. The fourth-order valence-corrected chi connectivity index (χ4v) is 7.27. The van der Waals surface area contributed by atoms with Crippen molar-refractivity contribution < 1.29 is 26.4 Å². The number of urea groups is 1. The van der Waals surface area contributed by atoms with Crippen molar-refractivity contribution in [3.63, 3.8) is 0 Å². The molecule has 10 nitrogen and oxygen atoms in total. The molecule has 0 radical (unpaired) electrons. The first-order chi connectivity index (χ1) is 17.0. The molecule has 2 aromatic rings. The zero-order valence-electron chi connectivity index (χ0n) is 19.4. The zero-order valence-corrected chi connectivity index (χ0v) is 20.2. The van der Waals surface area contributed by atoms with E-state index in [0.29, 0.717) is 51.4 Å². The van der Waals surface area contributed by atoms with Crippen molar-refractivity contribution in [3.8, 4) is 0 Å². The van der Waals surface area contributed by atoms with E-state index in [2.05, 4.69) is 20.4 Å². The molecule has 194 valence electrons. The Morgan fingerprint density at radius 2 is 1.83 bits per heavy atom. The SMILES string of the molecule is O=C(N1CC(c2ccc(NCC3CS(=O)(=O)C3)nc2)C1)N1CC2(CC(n3cnc(C(F)(F)F)n3)C2)C1. The van der Waals surface area contributed by atoms with Crippen LogP contribution < -0.4 is 5.32 Å². The molecule has 2 aromatic heterocycles. The monoisotopic (exact) mass is 525 g/mol. The number of amides is 2. The third-order valence-electron chi connectivity index (χ3n) is 7.76. The van der Waals surface area contributed by atoms with Gasteiger partial charge in [0.15, 0.2) is 9.84 Å². The number of likely N-dealkylation sites (tertiary alicyclic amines) is 2. The van der Waals surface area contributed by atoms with Crippen LogP contribution >= 0.6 is 0 Å². The van der Waals surface area contributed by atoms with Gasteiger partial charge < -0.3 is 15.1 Å². The van der Waals surface area contributed by atoms with Gasteiger partial charge in [0.05, 0.1) is 17.5 Å². The molecular formula is C22H26F3N7O3S. The summed E-state index contributed by atoms with van der Waals surface area (Å²) in [5.74, 6) is 0.416. The summed E-state index contributed by atoms with van der Waals surface area (Å²) in [4.78, 5) is 24.2. The largest absolute Gasteiger partial charge is 0.453 e. The zero-order chi connectivity index (χ0) is 25.3. The number of sulfone groups is 1. The Labute approximate surface area is 205 Å². The van der Waals surface area contributed by atoms with E-state index in [4.69, 9.17) is 0 Å². The number of hydrogen-bond donors (Lipinski definition) is 1. The van der Waals surface area contributed by atoms with E-state index in [9.17, 15) is 26.4 Å². The van der Waals surface area contributed by atoms with Crippen LogP contribution in [-0.2, 0) is 16.0 Å². The van der Waals surface area contributed by atoms with E-state index in [0.717, 1.165) is 11.9 Å². The molecule has 3 saturated heterocycles. The summed E-state index contributed by atoms with van der Waals surface area (Å²) in [6.45, 7) is 3.07. The number of carbonyl (C=O) groups is 1. The van der Waals surface area contributed by atoms with Crippen LogP contribution in [0.15, 0.2) is 24.7 Å². The first-order valence-electron chi connectivity index (χ1n) is 11.9. The van der Waals surface area contributed by atoms with E-state index >= 15 is 0 Å². The summed E-state index contributed by atoms with van der Waals surface area (Å²) < 4.78 is 61.9. The normalized spacial score (nSPS) is 23.5. The summed E-state index contributed by atoms with van der Waals surface area (Å²) in [5, 5.41) is 6.74. The third-order valence-corrected chi connectivity index (χ3v) is 9.72. The van der Waals surface area contributed by atoms with Gasteiger partial charge in [-0.05, 0) is 24.5 Å². The van der Waals surface area contributed by atoms with Gasteiger partial charge in [0.2, 0.25) is 0 Å². The molecular weight excluding hydrogens is 499 g/mol. The lowest BCUT2D eigenvalue weighted by Gasteiger charge is -2.60. The van der Waals surface area contributed by atoms with Crippen LogP contribution in [0.4, 0.5) is 23.8 Å². The summed E-state index contributed by atoms with van der Waals surface area (Å²) >= 11 is 0. The minimum absolute atomic E-state index is 0.00198. The number of rotatable bonds is 5. The lowest BCUT2D eigenvalue weighted by Crippen LogP contribution is -2.67. The van der Waals surface area contributed by atoms with Crippen LogP contribution in [0.1, 0.15) is 36.2 Å². The lowest BCUT2D eigenvalue weighted by molar-refractivity contribution is -0.145. The Bertz CT molecular complexity index is 1250. The molecule has 1 saturated carbocycles. The van der Waals surface area contributed by atoms with E-state index < -0.39 is 21.8 Å². The second kappa shape index (κ2) is 8.05. The van der Waals surface area contributed by atoms with Gasteiger partial charge >= 0.3 is 12.2 Å². The van der Waals surface area contributed by atoms with E-state index in [-0.39, 0.29) is 40.8 Å². The Hall–Kier alpha value is -2.90. The minimum Gasteiger partial charge on any atom is -0.370 e. The van der Waals surface area contributed by atoms with Gasteiger partial charge in [-0.15, -0.1) is 5.10 Å². The minimum atomic E-state index is -4.54. The van der Waals surface area contributed by atoms with Crippen LogP contribution in [0.5, 0.6) is 0 Å². The number of pyridine rings is 1. The predicted octanol–water partition coefficient (Wildman–Crippen LogP) is 2.00.